The fraction of sp³-hybridized carbons (Fsp3) is 0.444. The van der Waals surface area contributed by atoms with Gasteiger partial charge in [0.05, 0.1) is 5.69 Å². The second-order valence-corrected chi connectivity index (χ2v) is 7.22. The molecule has 1 unspecified atom stereocenters. The number of aryl methyl sites for hydroxylation is 1. The number of nitrogens with zero attached hydrogens (tertiary/aromatic N) is 3. The summed E-state index contributed by atoms with van der Waals surface area (Å²) in [5.74, 6) is 0.990. The summed E-state index contributed by atoms with van der Waals surface area (Å²) in [6.45, 7) is 6.93. The summed E-state index contributed by atoms with van der Waals surface area (Å²) in [5, 5.41) is 10.4. The predicted octanol–water partition coefficient (Wildman–Crippen LogP) is 2.29. The van der Waals surface area contributed by atoms with Gasteiger partial charge in [-0.05, 0) is 39.0 Å². The first kappa shape index (κ1) is 18.7. The molecule has 1 aliphatic rings. The van der Waals surface area contributed by atoms with Crippen LogP contribution in [0.2, 0.25) is 0 Å². The molecule has 2 heterocycles. The molecule has 0 saturated heterocycles. The third-order valence-corrected chi connectivity index (χ3v) is 3.82. The van der Waals surface area contributed by atoms with Crippen LogP contribution in [0.3, 0.4) is 0 Å². The highest BCUT2D eigenvalue weighted by Crippen LogP contribution is 2.34. The first-order valence-electron chi connectivity index (χ1n) is 8.48. The maximum Gasteiger partial charge on any atom is 0.408 e. The van der Waals surface area contributed by atoms with Gasteiger partial charge in [-0.25, -0.2) is 4.79 Å². The monoisotopic (exact) mass is 374 g/mol. The molecule has 2 amide bonds. The van der Waals surface area contributed by atoms with E-state index in [-0.39, 0.29) is 12.5 Å². The van der Waals surface area contributed by atoms with Gasteiger partial charge in [-0.15, -0.1) is 10.2 Å². The van der Waals surface area contributed by atoms with Crippen LogP contribution in [0.25, 0.3) is 11.5 Å². The van der Waals surface area contributed by atoms with Crippen LogP contribution in [0, 0.1) is 6.92 Å². The maximum absolute atomic E-state index is 12.7. The number of hydrogen-bond acceptors (Lipinski definition) is 7. The number of carbonyl (C=O) groups is 2. The molecule has 144 valence electrons. The van der Waals surface area contributed by atoms with Crippen molar-refractivity contribution in [3.8, 4) is 17.2 Å². The van der Waals surface area contributed by atoms with Gasteiger partial charge in [-0.3, -0.25) is 4.79 Å². The van der Waals surface area contributed by atoms with Crippen LogP contribution in [-0.4, -0.2) is 47.5 Å². The Morgan fingerprint density at radius 2 is 2.07 bits per heavy atom. The molecule has 1 aromatic carbocycles. The quantitative estimate of drug-likeness (QED) is 0.859. The summed E-state index contributed by atoms with van der Waals surface area (Å²) in [6.07, 6.45) is -0.675. The van der Waals surface area contributed by atoms with Crippen molar-refractivity contribution in [1.29, 1.82) is 0 Å². The molecule has 1 N–H and O–H groups in total. The molecule has 27 heavy (non-hydrogen) atoms. The summed E-state index contributed by atoms with van der Waals surface area (Å²) in [5.41, 5.74) is 0.590. The Hall–Kier alpha value is -3.10. The van der Waals surface area contributed by atoms with Crippen molar-refractivity contribution in [1.82, 2.24) is 15.5 Å². The summed E-state index contributed by atoms with van der Waals surface area (Å²) in [7, 11) is 1.62. The summed E-state index contributed by atoms with van der Waals surface area (Å²) in [6, 6.07) is 4.35. The average molecular weight is 374 g/mol. The lowest BCUT2D eigenvalue weighted by Gasteiger charge is -2.23. The highest BCUT2D eigenvalue weighted by molar-refractivity contribution is 6.00. The molecule has 0 fully saturated rings. The zero-order valence-electron chi connectivity index (χ0n) is 15.9. The van der Waals surface area contributed by atoms with Crippen LogP contribution < -0.4 is 15.0 Å². The number of rotatable bonds is 2. The number of amides is 2. The molecule has 1 aromatic heterocycles. The predicted molar refractivity (Wildman–Crippen MR) is 96.5 cm³/mol. The summed E-state index contributed by atoms with van der Waals surface area (Å²) >= 11 is 0. The standard InChI is InChI=1S/C18H22N4O5/c1-10-20-21-15(26-10)11-6-7-13-14(8-11)25-9-12(16(23)22(13)5)19-17(24)27-18(2,3)4/h6-8,12H,9H2,1-5H3,(H,19,24). The fourth-order valence-corrected chi connectivity index (χ4v) is 2.60. The molecule has 9 nitrogen and oxygen atoms in total. The van der Waals surface area contributed by atoms with Gasteiger partial charge < -0.3 is 24.1 Å². The van der Waals surface area contributed by atoms with Crippen molar-refractivity contribution in [2.45, 2.75) is 39.3 Å². The minimum absolute atomic E-state index is 0.0261. The third-order valence-electron chi connectivity index (χ3n) is 3.82. The maximum atomic E-state index is 12.7. The lowest BCUT2D eigenvalue weighted by Crippen LogP contribution is -2.50. The van der Waals surface area contributed by atoms with E-state index in [2.05, 4.69) is 15.5 Å². The van der Waals surface area contributed by atoms with E-state index in [0.717, 1.165) is 0 Å². The molecule has 9 heteroatoms. The number of carbonyl (C=O) groups excluding carboxylic acids is 2. The van der Waals surface area contributed by atoms with Gasteiger partial charge in [0.2, 0.25) is 11.8 Å². The number of ether oxygens (including phenoxy) is 2. The molecule has 1 aliphatic heterocycles. The number of anilines is 1. The number of aromatic nitrogens is 2. The van der Waals surface area contributed by atoms with E-state index >= 15 is 0 Å². The van der Waals surface area contributed by atoms with Gasteiger partial charge in [-0.1, -0.05) is 0 Å². The highest BCUT2D eigenvalue weighted by Gasteiger charge is 2.32. The number of benzene rings is 1. The number of nitrogens with one attached hydrogen (secondary N) is 1. The Morgan fingerprint density at radius 1 is 1.33 bits per heavy atom. The molecule has 1 atom stereocenters. The summed E-state index contributed by atoms with van der Waals surface area (Å²) in [4.78, 5) is 26.2. The highest BCUT2D eigenvalue weighted by atomic mass is 16.6. The zero-order chi connectivity index (χ0) is 19.8. The van der Waals surface area contributed by atoms with Crippen molar-refractivity contribution in [2.24, 2.45) is 0 Å². The first-order chi connectivity index (χ1) is 12.6. The second kappa shape index (κ2) is 6.90. The molecule has 0 radical (unpaired) electrons. The van der Waals surface area contributed by atoms with Gasteiger partial charge in [0.25, 0.3) is 5.91 Å². The molecule has 2 aromatic rings. The fourth-order valence-electron chi connectivity index (χ4n) is 2.60. The molecule has 0 saturated carbocycles. The Balaban J connectivity index is 1.81. The van der Waals surface area contributed by atoms with E-state index in [1.807, 2.05) is 0 Å². The molecule has 0 aliphatic carbocycles. The van der Waals surface area contributed by atoms with E-state index in [9.17, 15) is 9.59 Å². The number of alkyl carbamates (subject to hydrolysis) is 1. The van der Waals surface area contributed by atoms with E-state index in [0.29, 0.717) is 28.8 Å². The van der Waals surface area contributed by atoms with Crippen molar-refractivity contribution in [3.05, 3.63) is 24.1 Å². The van der Waals surface area contributed by atoms with Crippen LogP contribution in [0.1, 0.15) is 26.7 Å². The van der Waals surface area contributed by atoms with Gasteiger partial charge in [0, 0.05) is 19.5 Å². The minimum Gasteiger partial charge on any atom is -0.489 e. The van der Waals surface area contributed by atoms with Crippen molar-refractivity contribution < 1.29 is 23.5 Å². The molecule has 0 spiro atoms. The van der Waals surface area contributed by atoms with Crippen molar-refractivity contribution in [2.75, 3.05) is 18.6 Å². The smallest absolute Gasteiger partial charge is 0.408 e. The van der Waals surface area contributed by atoms with Gasteiger partial charge in [-0.2, -0.15) is 0 Å². The molecular weight excluding hydrogens is 352 g/mol. The lowest BCUT2D eigenvalue weighted by atomic mass is 10.1. The Morgan fingerprint density at radius 3 is 2.70 bits per heavy atom. The van der Waals surface area contributed by atoms with Crippen LogP contribution in [-0.2, 0) is 9.53 Å². The Bertz CT molecular complexity index is 871. The van der Waals surface area contributed by atoms with Crippen molar-refractivity contribution >= 4 is 17.7 Å². The normalized spacial score (nSPS) is 17.0. The van der Waals surface area contributed by atoms with Crippen LogP contribution >= 0.6 is 0 Å². The molecule has 0 bridgehead atoms. The number of likely N-dealkylation sites (N-methyl/N-ethyl adjacent to an activating group) is 1. The molecular formula is C18H22N4O5. The average Bonchev–Trinajstić information content (AvgIpc) is 2.97. The number of fused-ring (bicyclic) bond motifs is 1. The van der Waals surface area contributed by atoms with Gasteiger partial charge in [0.15, 0.2) is 0 Å². The van der Waals surface area contributed by atoms with Crippen LogP contribution in [0.5, 0.6) is 5.75 Å². The Kier molecular flexibility index (Phi) is 4.77. The van der Waals surface area contributed by atoms with Crippen LogP contribution in [0.4, 0.5) is 10.5 Å². The largest absolute Gasteiger partial charge is 0.489 e. The number of hydrogen-bond donors (Lipinski definition) is 1. The second-order valence-electron chi connectivity index (χ2n) is 7.22. The Labute approximate surface area is 156 Å². The zero-order valence-corrected chi connectivity index (χ0v) is 15.9. The van der Waals surface area contributed by atoms with E-state index < -0.39 is 17.7 Å². The first-order valence-corrected chi connectivity index (χ1v) is 8.48. The molecule has 3 rings (SSSR count). The van der Waals surface area contributed by atoms with Gasteiger partial charge in [0.1, 0.15) is 24.0 Å². The van der Waals surface area contributed by atoms with E-state index in [4.69, 9.17) is 13.9 Å². The lowest BCUT2D eigenvalue weighted by molar-refractivity contribution is -0.120. The van der Waals surface area contributed by atoms with Crippen molar-refractivity contribution in [3.63, 3.8) is 0 Å². The van der Waals surface area contributed by atoms with Gasteiger partial charge >= 0.3 is 6.09 Å². The third kappa shape index (κ3) is 4.18. The topological polar surface area (TPSA) is 107 Å². The summed E-state index contributed by atoms with van der Waals surface area (Å²) < 4.78 is 16.4. The SMILES string of the molecule is Cc1nnc(-c2ccc3c(c2)OCC(NC(=O)OC(C)(C)C)C(=O)N3C)o1. The van der Waals surface area contributed by atoms with Crippen LogP contribution in [0.15, 0.2) is 22.6 Å². The minimum atomic E-state index is -0.869. The van der Waals surface area contributed by atoms with E-state index in [1.54, 1.807) is 52.9 Å². The van der Waals surface area contributed by atoms with E-state index in [1.165, 1.54) is 4.90 Å².